The zero-order valence-electron chi connectivity index (χ0n) is 11.2. The van der Waals surface area contributed by atoms with Gasteiger partial charge in [0.05, 0.1) is 6.20 Å². The third-order valence-corrected chi connectivity index (χ3v) is 3.24. The second-order valence-corrected chi connectivity index (χ2v) is 4.87. The summed E-state index contributed by atoms with van der Waals surface area (Å²) in [7, 11) is 0. The summed E-state index contributed by atoms with van der Waals surface area (Å²) < 4.78 is 13.3. The van der Waals surface area contributed by atoms with Crippen LogP contribution >= 0.6 is 0 Å². The van der Waals surface area contributed by atoms with E-state index in [9.17, 15) is 4.39 Å². The van der Waals surface area contributed by atoms with Crippen molar-refractivity contribution in [3.05, 3.63) is 23.6 Å². The van der Waals surface area contributed by atoms with Crippen molar-refractivity contribution in [2.75, 3.05) is 18.0 Å². The summed E-state index contributed by atoms with van der Waals surface area (Å²) in [5.41, 5.74) is 0.970. The molecule has 2 rings (SSSR count). The fourth-order valence-corrected chi connectivity index (χ4v) is 2.11. The molecule has 18 heavy (non-hydrogen) atoms. The van der Waals surface area contributed by atoms with E-state index >= 15 is 0 Å². The molecule has 0 radical (unpaired) electrons. The highest BCUT2D eigenvalue weighted by Crippen LogP contribution is 2.22. The summed E-state index contributed by atoms with van der Waals surface area (Å²) in [4.78, 5) is 6.49. The zero-order valence-corrected chi connectivity index (χ0v) is 11.2. The number of pyridine rings is 1. The van der Waals surface area contributed by atoms with E-state index in [0.717, 1.165) is 30.9 Å². The standard InChI is InChI=1S/C14H22FN3/c1-3-7-18(4-2)14-11(8-12(15)10-17-14)9-16-13-5-6-13/h8,10,13,16H,3-7,9H2,1-2H3. The predicted octanol–water partition coefficient (Wildman–Crippen LogP) is 2.71. The quantitative estimate of drug-likeness (QED) is 0.807. The fourth-order valence-electron chi connectivity index (χ4n) is 2.11. The van der Waals surface area contributed by atoms with E-state index in [1.165, 1.54) is 19.0 Å². The molecule has 0 aromatic carbocycles. The van der Waals surface area contributed by atoms with E-state index in [-0.39, 0.29) is 5.82 Å². The van der Waals surface area contributed by atoms with Crippen molar-refractivity contribution in [3.8, 4) is 0 Å². The Labute approximate surface area is 108 Å². The molecule has 1 heterocycles. The number of hydrogen-bond donors (Lipinski definition) is 1. The molecular formula is C14H22FN3. The van der Waals surface area contributed by atoms with Gasteiger partial charge in [0.1, 0.15) is 11.6 Å². The Bertz CT molecular complexity index is 391. The Kier molecular flexibility index (Phi) is 4.53. The first-order valence-corrected chi connectivity index (χ1v) is 6.87. The summed E-state index contributed by atoms with van der Waals surface area (Å²) >= 11 is 0. The van der Waals surface area contributed by atoms with Crippen molar-refractivity contribution in [2.24, 2.45) is 0 Å². The first-order chi connectivity index (χ1) is 8.74. The molecular weight excluding hydrogens is 229 g/mol. The van der Waals surface area contributed by atoms with Gasteiger partial charge in [0.2, 0.25) is 0 Å². The van der Waals surface area contributed by atoms with Crippen LogP contribution < -0.4 is 10.2 Å². The lowest BCUT2D eigenvalue weighted by molar-refractivity contribution is 0.609. The van der Waals surface area contributed by atoms with E-state index in [1.807, 2.05) is 0 Å². The molecule has 0 atom stereocenters. The minimum atomic E-state index is -0.251. The van der Waals surface area contributed by atoms with E-state index in [0.29, 0.717) is 12.6 Å². The maximum atomic E-state index is 13.3. The maximum Gasteiger partial charge on any atom is 0.141 e. The highest BCUT2D eigenvalue weighted by Gasteiger charge is 2.21. The SMILES string of the molecule is CCCN(CC)c1ncc(F)cc1CNC1CC1. The summed E-state index contributed by atoms with van der Waals surface area (Å²) in [6.45, 7) is 6.84. The predicted molar refractivity (Wildman–Crippen MR) is 72.2 cm³/mol. The molecule has 1 aromatic heterocycles. The minimum Gasteiger partial charge on any atom is -0.357 e. The van der Waals surface area contributed by atoms with Gasteiger partial charge in [-0.25, -0.2) is 9.37 Å². The van der Waals surface area contributed by atoms with Gasteiger partial charge in [0.25, 0.3) is 0 Å². The Hall–Kier alpha value is -1.16. The van der Waals surface area contributed by atoms with Crippen LogP contribution in [0.1, 0.15) is 38.7 Å². The van der Waals surface area contributed by atoms with E-state index in [4.69, 9.17) is 0 Å². The van der Waals surface area contributed by atoms with Crippen LogP contribution in [0.25, 0.3) is 0 Å². The third kappa shape index (κ3) is 3.42. The number of hydrogen-bond acceptors (Lipinski definition) is 3. The van der Waals surface area contributed by atoms with Crippen LogP contribution in [0.4, 0.5) is 10.2 Å². The van der Waals surface area contributed by atoms with Crippen molar-refractivity contribution >= 4 is 5.82 Å². The molecule has 1 saturated carbocycles. The van der Waals surface area contributed by atoms with Gasteiger partial charge in [-0.15, -0.1) is 0 Å². The normalized spacial score (nSPS) is 14.8. The molecule has 0 spiro atoms. The molecule has 0 amide bonds. The molecule has 1 aliphatic carbocycles. The average Bonchev–Trinajstić information content (AvgIpc) is 3.18. The molecule has 0 bridgehead atoms. The number of anilines is 1. The van der Waals surface area contributed by atoms with Gasteiger partial charge in [-0.2, -0.15) is 0 Å². The van der Waals surface area contributed by atoms with Crippen LogP contribution in [0.3, 0.4) is 0 Å². The van der Waals surface area contributed by atoms with Gasteiger partial charge >= 0.3 is 0 Å². The van der Waals surface area contributed by atoms with Gasteiger partial charge in [-0.05, 0) is 32.3 Å². The fraction of sp³-hybridized carbons (Fsp3) is 0.643. The second kappa shape index (κ2) is 6.14. The van der Waals surface area contributed by atoms with Gasteiger partial charge in [0, 0.05) is 31.2 Å². The number of nitrogens with one attached hydrogen (secondary N) is 1. The van der Waals surface area contributed by atoms with Gasteiger partial charge < -0.3 is 10.2 Å². The molecule has 0 unspecified atom stereocenters. The Balaban J connectivity index is 2.14. The van der Waals surface area contributed by atoms with Gasteiger partial charge in [-0.3, -0.25) is 0 Å². The summed E-state index contributed by atoms with van der Waals surface area (Å²) in [5.74, 6) is 0.674. The van der Waals surface area contributed by atoms with Crippen molar-refractivity contribution in [1.82, 2.24) is 10.3 Å². The van der Waals surface area contributed by atoms with Crippen molar-refractivity contribution in [3.63, 3.8) is 0 Å². The molecule has 1 fully saturated rings. The number of rotatable bonds is 7. The molecule has 1 N–H and O–H groups in total. The smallest absolute Gasteiger partial charge is 0.141 e. The number of nitrogens with zero attached hydrogens (tertiary/aromatic N) is 2. The molecule has 1 aliphatic rings. The van der Waals surface area contributed by atoms with Crippen molar-refractivity contribution < 1.29 is 4.39 Å². The average molecular weight is 251 g/mol. The van der Waals surface area contributed by atoms with E-state index < -0.39 is 0 Å². The molecule has 0 saturated heterocycles. The zero-order chi connectivity index (χ0) is 13.0. The van der Waals surface area contributed by atoms with Crippen LogP contribution in [-0.4, -0.2) is 24.1 Å². The van der Waals surface area contributed by atoms with Crippen LogP contribution in [0.5, 0.6) is 0 Å². The topological polar surface area (TPSA) is 28.2 Å². The first kappa shape index (κ1) is 13.3. The minimum absolute atomic E-state index is 0.251. The van der Waals surface area contributed by atoms with Crippen LogP contribution in [0.15, 0.2) is 12.3 Å². The van der Waals surface area contributed by atoms with E-state index in [2.05, 4.69) is 29.0 Å². The van der Waals surface area contributed by atoms with Crippen LogP contribution in [-0.2, 0) is 6.54 Å². The van der Waals surface area contributed by atoms with Crippen LogP contribution in [0.2, 0.25) is 0 Å². The molecule has 100 valence electrons. The molecule has 1 aromatic rings. The Morgan fingerprint density at radius 3 is 2.83 bits per heavy atom. The monoisotopic (exact) mass is 251 g/mol. The molecule has 0 aliphatic heterocycles. The highest BCUT2D eigenvalue weighted by molar-refractivity contribution is 5.46. The lowest BCUT2D eigenvalue weighted by atomic mass is 10.2. The second-order valence-electron chi connectivity index (χ2n) is 4.87. The lowest BCUT2D eigenvalue weighted by Gasteiger charge is -2.24. The van der Waals surface area contributed by atoms with E-state index in [1.54, 1.807) is 6.07 Å². The largest absolute Gasteiger partial charge is 0.357 e. The summed E-state index contributed by atoms with van der Waals surface area (Å²) in [6, 6.07) is 2.23. The molecule has 3 nitrogen and oxygen atoms in total. The van der Waals surface area contributed by atoms with Crippen molar-refractivity contribution in [1.29, 1.82) is 0 Å². The Morgan fingerprint density at radius 2 is 2.22 bits per heavy atom. The molecule has 4 heteroatoms. The van der Waals surface area contributed by atoms with Gasteiger partial charge in [0.15, 0.2) is 0 Å². The maximum absolute atomic E-state index is 13.3. The van der Waals surface area contributed by atoms with Gasteiger partial charge in [-0.1, -0.05) is 6.92 Å². The number of aromatic nitrogens is 1. The number of halogens is 1. The lowest BCUT2D eigenvalue weighted by Crippen LogP contribution is -2.27. The summed E-state index contributed by atoms with van der Waals surface area (Å²) in [6.07, 6.45) is 4.87. The Morgan fingerprint density at radius 1 is 1.44 bits per heavy atom. The first-order valence-electron chi connectivity index (χ1n) is 6.87. The van der Waals surface area contributed by atoms with Crippen molar-refractivity contribution in [2.45, 2.75) is 45.7 Å². The highest BCUT2D eigenvalue weighted by atomic mass is 19.1. The third-order valence-electron chi connectivity index (χ3n) is 3.24. The van der Waals surface area contributed by atoms with Crippen LogP contribution in [0, 0.1) is 5.82 Å². The summed E-state index contributed by atoms with van der Waals surface area (Å²) in [5, 5.41) is 3.43.